The van der Waals surface area contributed by atoms with Gasteiger partial charge in [-0.05, 0) is 31.4 Å². The number of halogens is 1. The van der Waals surface area contributed by atoms with Crippen molar-refractivity contribution in [3.05, 3.63) is 28.8 Å². The molecule has 2 N–H and O–H groups in total. The molecule has 0 aromatic heterocycles. The highest BCUT2D eigenvalue weighted by molar-refractivity contribution is 7.99. The minimum Gasteiger partial charge on any atom is -0.496 e. The molecule has 1 aromatic carbocycles. The Kier molecular flexibility index (Phi) is 6.48. The Hall–Kier alpha value is -0.910. The first-order valence-electron chi connectivity index (χ1n) is 5.81. The fraction of sp³-hybridized carbons (Fsp3) is 0.462. The quantitative estimate of drug-likeness (QED) is 0.846. The van der Waals surface area contributed by atoms with Gasteiger partial charge in [-0.1, -0.05) is 11.6 Å². The zero-order chi connectivity index (χ0) is 14.4. The number of aliphatic hydroxyl groups is 1. The minimum atomic E-state index is -0.242. The van der Waals surface area contributed by atoms with Crippen LogP contribution in [-0.4, -0.2) is 42.3 Å². The van der Waals surface area contributed by atoms with Gasteiger partial charge in [0.15, 0.2) is 0 Å². The second-order valence-electron chi connectivity index (χ2n) is 4.06. The molecular formula is C13H18ClNO3S. The summed E-state index contributed by atoms with van der Waals surface area (Å²) in [6.45, 7) is 1.87. The second kappa shape index (κ2) is 7.62. The van der Waals surface area contributed by atoms with E-state index >= 15 is 0 Å². The summed E-state index contributed by atoms with van der Waals surface area (Å²) in [6, 6.07) is 4.71. The number of aliphatic hydroxyl groups excluding tert-OH is 1. The van der Waals surface area contributed by atoms with Gasteiger partial charge >= 0.3 is 0 Å². The van der Waals surface area contributed by atoms with Gasteiger partial charge in [0.2, 0.25) is 0 Å². The molecule has 106 valence electrons. The zero-order valence-electron chi connectivity index (χ0n) is 11.1. The molecule has 1 rings (SSSR count). The van der Waals surface area contributed by atoms with Crippen molar-refractivity contribution in [1.29, 1.82) is 0 Å². The number of amides is 1. The Morgan fingerprint density at radius 2 is 2.26 bits per heavy atom. The summed E-state index contributed by atoms with van der Waals surface area (Å²) in [4.78, 5) is 12.2. The first kappa shape index (κ1) is 16.1. The number of methoxy groups -OCH3 is 1. The molecule has 0 saturated heterocycles. The van der Waals surface area contributed by atoms with Crippen molar-refractivity contribution >= 4 is 29.3 Å². The largest absolute Gasteiger partial charge is 0.496 e. The third-order valence-corrected chi connectivity index (χ3v) is 4.21. The van der Waals surface area contributed by atoms with Crippen LogP contribution in [0.1, 0.15) is 17.3 Å². The second-order valence-corrected chi connectivity index (χ2v) is 5.58. The SMILES string of the molecule is COc1cc(Cl)ccc1C(=O)NC(C)C(CO)SC. The summed E-state index contributed by atoms with van der Waals surface area (Å²) < 4.78 is 5.14. The monoisotopic (exact) mass is 303 g/mol. The third-order valence-electron chi connectivity index (χ3n) is 2.81. The van der Waals surface area contributed by atoms with E-state index in [4.69, 9.17) is 16.3 Å². The van der Waals surface area contributed by atoms with Crippen molar-refractivity contribution in [1.82, 2.24) is 5.32 Å². The van der Waals surface area contributed by atoms with E-state index in [9.17, 15) is 9.90 Å². The molecule has 0 aliphatic heterocycles. The zero-order valence-corrected chi connectivity index (χ0v) is 12.7. The van der Waals surface area contributed by atoms with Crippen molar-refractivity contribution in [2.24, 2.45) is 0 Å². The maximum Gasteiger partial charge on any atom is 0.255 e. The van der Waals surface area contributed by atoms with Crippen LogP contribution in [0, 0.1) is 0 Å². The number of thioether (sulfide) groups is 1. The van der Waals surface area contributed by atoms with Gasteiger partial charge in [-0.3, -0.25) is 4.79 Å². The van der Waals surface area contributed by atoms with E-state index in [0.717, 1.165) is 0 Å². The summed E-state index contributed by atoms with van der Waals surface area (Å²) in [5.74, 6) is 0.190. The van der Waals surface area contributed by atoms with Gasteiger partial charge in [-0.25, -0.2) is 0 Å². The molecule has 6 heteroatoms. The van der Waals surface area contributed by atoms with Gasteiger partial charge in [-0.15, -0.1) is 0 Å². The Morgan fingerprint density at radius 1 is 1.58 bits per heavy atom. The van der Waals surface area contributed by atoms with Crippen LogP contribution in [0.25, 0.3) is 0 Å². The van der Waals surface area contributed by atoms with Crippen LogP contribution in [0.5, 0.6) is 5.75 Å². The normalized spacial score (nSPS) is 13.7. The molecular weight excluding hydrogens is 286 g/mol. The van der Waals surface area contributed by atoms with Crippen molar-refractivity contribution in [2.75, 3.05) is 20.0 Å². The summed E-state index contributed by atoms with van der Waals surface area (Å²) in [6.07, 6.45) is 1.90. The molecule has 0 spiro atoms. The summed E-state index contributed by atoms with van der Waals surface area (Å²) in [7, 11) is 1.49. The number of carbonyl (C=O) groups is 1. The lowest BCUT2D eigenvalue weighted by Crippen LogP contribution is -2.41. The van der Waals surface area contributed by atoms with E-state index in [0.29, 0.717) is 16.3 Å². The molecule has 0 heterocycles. The van der Waals surface area contributed by atoms with Crippen LogP contribution in [0.15, 0.2) is 18.2 Å². The molecule has 0 bridgehead atoms. The predicted molar refractivity (Wildman–Crippen MR) is 79.3 cm³/mol. The standard InChI is InChI=1S/C13H18ClNO3S/c1-8(12(7-16)19-3)15-13(17)10-5-4-9(14)6-11(10)18-2/h4-6,8,12,16H,7H2,1-3H3,(H,15,17). The highest BCUT2D eigenvalue weighted by Crippen LogP contribution is 2.23. The topological polar surface area (TPSA) is 58.6 Å². The van der Waals surface area contributed by atoms with Crippen LogP contribution in [0.3, 0.4) is 0 Å². The average Bonchev–Trinajstić information content (AvgIpc) is 2.39. The number of ether oxygens (including phenoxy) is 1. The Labute approximate surface area is 122 Å². The Balaban J connectivity index is 2.83. The Morgan fingerprint density at radius 3 is 2.79 bits per heavy atom. The van der Waals surface area contributed by atoms with E-state index in [1.807, 2.05) is 13.2 Å². The summed E-state index contributed by atoms with van der Waals surface area (Å²) in [5.41, 5.74) is 0.427. The molecule has 0 radical (unpaired) electrons. The smallest absolute Gasteiger partial charge is 0.255 e. The van der Waals surface area contributed by atoms with Crippen LogP contribution in [0.4, 0.5) is 0 Å². The van der Waals surface area contributed by atoms with Gasteiger partial charge in [-0.2, -0.15) is 11.8 Å². The molecule has 2 unspecified atom stereocenters. The molecule has 0 saturated carbocycles. The van der Waals surface area contributed by atoms with Gasteiger partial charge < -0.3 is 15.2 Å². The van der Waals surface area contributed by atoms with Crippen LogP contribution < -0.4 is 10.1 Å². The van der Waals surface area contributed by atoms with Crippen molar-refractivity contribution in [3.8, 4) is 5.75 Å². The van der Waals surface area contributed by atoms with E-state index in [1.54, 1.807) is 18.2 Å². The lowest BCUT2D eigenvalue weighted by molar-refractivity contribution is 0.0933. The number of hydrogen-bond acceptors (Lipinski definition) is 4. The summed E-state index contributed by atoms with van der Waals surface area (Å²) >= 11 is 7.36. The van der Waals surface area contributed by atoms with Crippen molar-refractivity contribution in [2.45, 2.75) is 18.2 Å². The number of rotatable bonds is 6. The van der Waals surface area contributed by atoms with Gasteiger partial charge in [0.1, 0.15) is 5.75 Å². The molecule has 1 aromatic rings. The molecule has 0 aliphatic carbocycles. The fourth-order valence-corrected chi connectivity index (χ4v) is 2.45. The van der Waals surface area contributed by atoms with E-state index in [2.05, 4.69) is 5.32 Å². The highest BCUT2D eigenvalue weighted by atomic mass is 35.5. The molecule has 0 aliphatic rings. The van der Waals surface area contributed by atoms with Gasteiger partial charge in [0.05, 0.1) is 19.3 Å². The maximum atomic E-state index is 12.2. The summed E-state index contributed by atoms with van der Waals surface area (Å²) in [5, 5.41) is 12.5. The van der Waals surface area contributed by atoms with E-state index in [1.165, 1.54) is 18.9 Å². The molecule has 19 heavy (non-hydrogen) atoms. The fourth-order valence-electron chi connectivity index (χ4n) is 1.67. The number of carbonyl (C=O) groups excluding carboxylic acids is 1. The number of nitrogens with one attached hydrogen (secondary N) is 1. The van der Waals surface area contributed by atoms with E-state index < -0.39 is 0 Å². The number of benzene rings is 1. The molecule has 0 fully saturated rings. The first-order chi connectivity index (χ1) is 9.03. The van der Waals surface area contributed by atoms with Gasteiger partial charge in [0, 0.05) is 16.3 Å². The van der Waals surface area contributed by atoms with Crippen molar-refractivity contribution in [3.63, 3.8) is 0 Å². The highest BCUT2D eigenvalue weighted by Gasteiger charge is 2.20. The number of hydrogen-bond donors (Lipinski definition) is 2. The molecule has 2 atom stereocenters. The third kappa shape index (κ3) is 4.30. The predicted octanol–water partition coefficient (Wildman–Crippen LogP) is 2.19. The molecule has 1 amide bonds. The molecule has 4 nitrogen and oxygen atoms in total. The minimum absolute atomic E-state index is 0.0143. The van der Waals surface area contributed by atoms with Crippen molar-refractivity contribution < 1.29 is 14.6 Å². The van der Waals surface area contributed by atoms with Crippen LogP contribution >= 0.6 is 23.4 Å². The average molecular weight is 304 g/mol. The van der Waals surface area contributed by atoms with E-state index in [-0.39, 0.29) is 23.8 Å². The van der Waals surface area contributed by atoms with Crippen LogP contribution in [0.2, 0.25) is 5.02 Å². The van der Waals surface area contributed by atoms with Gasteiger partial charge in [0.25, 0.3) is 5.91 Å². The Bertz CT molecular complexity index is 438. The maximum absolute atomic E-state index is 12.2. The lowest BCUT2D eigenvalue weighted by atomic mass is 10.1. The lowest BCUT2D eigenvalue weighted by Gasteiger charge is -2.21. The first-order valence-corrected chi connectivity index (χ1v) is 7.48. The van der Waals surface area contributed by atoms with Crippen LogP contribution in [-0.2, 0) is 0 Å².